The molecule has 0 fully saturated rings. The molecule has 0 saturated carbocycles. The molecule has 1 unspecified atom stereocenters. The van der Waals surface area contributed by atoms with Crippen molar-refractivity contribution in [3.05, 3.63) is 59.4 Å². The third-order valence-corrected chi connectivity index (χ3v) is 4.05. The van der Waals surface area contributed by atoms with Gasteiger partial charge in [-0.05, 0) is 12.1 Å². The summed E-state index contributed by atoms with van der Waals surface area (Å²) < 4.78 is 0. The molecular weight excluding hydrogens is 310 g/mol. The summed E-state index contributed by atoms with van der Waals surface area (Å²) in [4.78, 5) is 21.3. The number of rotatable bonds is 2. The van der Waals surface area contributed by atoms with Crippen molar-refractivity contribution < 1.29 is 4.79 Å². The average Bonchev–Trinajstić information content (AvgIpc) is 2.99. The maximum atomic E-state index is 11.7. The van der Waals surface area contributed by atoms with Crippen LogP contribution < -0.4 is 16.4 Å². The molecule has 0 radical (unpaired) electrons. The number of para-hydroxylation sites is 1. The largest absolute Gasteiger partial charge is 0.368 e. The van der Waals surface area contributed by atoms with Gasteiger partial charge < -0.3 is 16.4 Å². The Morgan fingerprint density at radius 1 is 1.22 bits per heavy atom. The number of nitrogens with two attached hydrogens (primary N) is 2. The van der Waals surface area contributed by atoms with Crippen LogP contribution in [0, 0.1) is 11.8 Å². The summed E-state index contributed by atoms with van der Waals surface area (Å²) in [5.74, 6) is 5.82. The molecule has 6 nitrogen and oxygen atoms in total. The van der Waals surface area contributed by atoms with Crippen LogP contribution >= 0.6 is 11.8 Å². The summed E-state index contributed by atoms with van der Waals surface area (Å²) >= 11 is 1.43. The van der Waals surface area contributed by atoms with Crippen LogP contribution in [-0.4, -0.2) is 21.2 Å². The first-order valence-corrected chi connectivity index (χ1v) is 7.68. The maximum absolute atomic E-state index is 11.7. The zero-order valence-electron chi connectivity index (χ0n) is 12.0. The van der Waals surface area contributed by atoms with E-state index in [4.69, 9.17) is 11.5 Å². The summed E-state index contributed by atoms with van der Waals surface area (Å²) in [6.07, 6.45) is 3.12. The molecule has 23 heavy (non-hydrogen) atoms. The van der Waals surface area contributed by atoms with E-state index in [-0.39, 0.29) is 11.3 Å². The van der Waals surface area contributed by atoms with Crippen molar-refractivity contribution in [1.82, 2.24) is 9.97 Å². The number of nitrogen functional groups attached to an aromatic ring is 1. The first-order chi connectivity index (χ1) is 11.1. The highest BCUT2D eigenvalue weighted by Crippen LogP contribution is 2.35. The third kappa shape index (κ3) is 3.27. The summed E-state index contributed by atoms with van der Waals surface area (Å²) in [6, 6.07) is 9.52. The average molecular weight is 323 g/mol. The van der Waals surface area contributed by atoms with Crippen molar-refractivity contribution >= 4 is 29.3 Å². The van der Waals surface area contributed by atoms with E-state index in [1.54, 1.807) is 17.8 Å². The van der Waals surface area contributed by atoms with Crippen LogP contribution in [0.1, 0.15) is 5.56 Å². The molecule has 2 aromatic rings. The Labute approximate surface area is 137 Å². The highest BCUT2D eigenvalue weighted by atomic mass is 32.2. The fourth-order valence-electron chi connectivity index (χ4n) is 2.06. The fraction of sp³-hybridized carbons (Fsp3) is 0.0625. The summed E-state index contributed by atoms with van der Waals surface area (Å²) in [5.41, 5.74) is 12.9. The van der Waals surface area contributed by atoms with Crippen molar-refractivity contribution in [2.75, 3.05) is 10.6 Å². The molecule has 1 aliphatic heterocycles. The Hall–Kier alpha value is -2.98. The molecule has 1 aliphatic rings. The molecule has 1 atom stereocenters. The van der Waals surface area contributed by atoms with E-state index >= 15 is 0 Å². The maximum Gasteiger partial charge on any atom is 0.265 e. The lowest BCUT2D eigenvalue weighted by molar-refractivity contribution is -0.114. The molecule has 0 bridgehead atoms. The quantitative estimate of drug-likeness (QED) is 0.809. The fourth-order valence-corrected chi connectivity index (χ4v) is 3.03. The van der Waals surface area contributed by atoms with E-state index in [0.29, 0.717) is 11.3 Å². The molecule has 2 heterocycles. The van der Waals surface area contributed by atoms with Gasteiger partial charge in [-0.15, -0.1) is 0 Å². The van der Waals surface area contributed by atoms with Crippen LogP contribution in [-0.2, 0) is 4.79 Å². The zero-order chi connectivity index (χ0) is 16.2. The van der Waals surface area contributed by atoms with Gasteiger partial charge in [0.25, 0.3) is 5.91 Å². The number of amides is 1. The van der Waals surface area contributed by atoms with Gasteiger partial charge in [0.05, 0.1) is 5.56 Å². The Balaban J connectivity index is 1.90. The number of thioether (sulfide) groups is 1. The summed E-state index contributed by atoms with van der Waals surface area (Å²) in [7, 11) is 0. The van der Waals surface area contributed by atoms with Gasteiger partial charge in [-0.3, -0.25) is 4.79 Å². The van der Waals surface area contributed by atoms with Gasteiger partial charge in [0.1, 0.15) is 11.1 Å². The smallest absolute Gasteiger partial charge is 0.265 e. The van der Waals surface area contributed by atoms with Crippen LogP contribution in [0.2, 0.25) is 0 Å². The van der Waals surface area contributed by atoms with Crippen molar-refractivity contribution in [2.24, 2.45) is 5.73 Å². The molecule has 1 amide bonds. The third-order valence-electron chi connectivity index (χ3n) is 3.10. The number of anilines is 2. The second kappa shape index (κ2) is 6.42. The number of hydrogen-bond donors (Lipinski definition) is 2. The molecule has 7 heteroatoms. The molecule has 0 spiro atoms. The van der Waals surface area contributed by atoms with Gasteiger partial charge in [-0.1, -0.05) is 41.8 Å². The number of carbonyl (C=O) groups is 1. The van der Waals surface area contributed by atoms with E-state index < -0.39 is 5.91 Å². The van der Waals surface area contributed by atoms with E-state index in [1.165, 1.54) is 11.8 Å². The van der Waals surface area contributed by atoms with Gasteiger partial charge in [0.2, 0.25) is 5.95 Å². The molecule has 1 aromatic heterocycles. The normalized spacial score (nSPS) is 16.4. The number of primary amides is 1. The number of nitrogens with zero attached hydrogens (tertiary/aromatic N) is 3. The van der Waals surface area contributed by atoms with Gasteiger partial charge in [0, 0.05) is 23.5 Å². The minimum atomic E-state index is -0.485. The predicted octanol–water partition coefficient (Wildman–Crippen LogP) is 1.32. The Bertz CT molecular complexity index is 808. The van der Waals surface area contributed by atoms with Crippen molar-refractivity contribution in [3.8, 4) is 11.8 Å². The van der Waals surface area contributed by atoms with Crippen LogP contribution in [0.5, 0.6) is 0 Å². The first-order valence-electron chi connectivity index (χ1n) is 6.74. The number of carbonyl (C=O) groups excluding carboxylic acids is 1. The lowest BCUT2D eigenvalue weighted by Crippen LogP contribution is -2.33. The van der Waals surface area contributed by atoms with E-state index in [0.717, 1.165) is 5.69 Å². The Kier molecular flexibility index (Phi) is 4.17. The number of aromatic nitrogens is 2. The minimum absolute atomic E-state index is 0.203. The zero-order valence-corrected chi connectivity index (χ0v) is 12.8. The predicted molar refractivity (Wildman–Crippen MR) is 90.9 cm³/mol. The number of benzene rings is 1. The van der Waals surface area contributed by atoms with Crippen LogP contribution in [0.15, 0.2) is 53.8 Å². The molecule has 4 N–H and O–H groups in total. The second-order valence-electron chi connectivity index (χ2n) is 4.66. The topological polar surface area (TPSA) is 98.1 Å². The lowest BCUT2D eigenvalue weighted by atomic mass is 10.2. The highest BCUT2D eigenvalue weighted by Gasteiger charge is 2.29. The van der Waals surface area contributed by atoms with Gasteiger partial charge in [-0.2, -0.15) is 0 Å². The molecular formula is C16H13N5OS. The molecule has 1 aromatic carbocycles. The summed E-state index contributed by atoms with van der Waals surface area (Å²) in [6.45, 7) is 0. The van der Waals surface area contributed by atoms with E-state index in [9.17, 15) is 4.79 Å². The summed E-state index contributed by atoms with van der Waals surface area (Å²) in [5, 5.41) is 1.48. The highest BCUT2D eigenvalue weighted by molar-refractivity contribution is 8.03. The number of hydrogen-bond acceptors (Lipinski definition) is 6. The lowest BCUT2D eigenvalue weighted by Gasteiger charge is -2.24. The van der Waals surface area contributed by atoms with Crippen molar-refractivity contribution in [2.45, 2.75) is 5.37 Å². The van der Waals surface area contributed by atoms with Crippen molar-refractivity contribution in [1.29, 1.82) is 0 Å². The van der Waals surface area contributed by atoms with Crippen molar-refractivity contribution in [3.63, 3.8) is 0 Å². The molecule has 0 saturated heterocycles. The van der Waals surface area contributed by atoms with Crippen LogP contribution in [0.3, 0.4) is 0 Å². The minimum Gasteiger partial charge on any atom is -0.368 e. The second-order valence-corrected chi connectivity index (χ2v) is 5.62. The standard InChI is InChI=1S/C16H13N5OS/c17-15(22)13-10-23-14(21(13)12-4-2-1-3-5-12)7-6-11-8-19-16(18)20-9-11/h1-5,8-10,14H,(H2,17,22)(H2,18,19,20). The van der Waals surface area contributed by atoms with Gasteiger partial charge >= 0.3 is 0 Å². The Morgan fingerprint density at radius 3 is 2.57 bits per heavy atom. The Morgan fingerprint density at radius 2 is 1.91 bits per heavy atom. The SMILES string of the molecule is NC(=O)C1=CSC(C#Cc2cnc(N)nc2)N1c1ccccc1. The first kappa shape index (κ1) is 14.9. The van der Waals surface area contributed by atoms with Gasteiger partial charge in [-0.25, -0.2) is 9.97 Å². The monoisotopic (exact) mass is 323 g/mol. The molecule has 114 valence electrons. The van der Waals surface area contributed by atoms with Gasteiger partial charge in [0.15, 0.2) is 0 Å². The molecule has 0 aliphatic carbocycles. The molecule has 3 rings (SSSR count). The van der Waals surface area contributed by atoms with E-state index in [2.05, 4.69) is 21.8 Å². The van der Waals surface area contributed by atoms with Crippen LogP contribution in [0.25, 0.3) is 0 Å². The van der Waals surface area contributed by atoms with E-state index in [1.807, 2.05) is 35.2 Å². The van der Waals surface area contributed by atoms with Crippen LogP contribution in [0.4, 0.5) is 11.6 Å².